The highest BCUT2D eigenvalue weighted by Gasteiger charge is 2.05. The van der Waals surface area contributed by atoms with E-state index >= 15 is 0 Å². The van der Waals surface area contributed by atoms with Gasteiger partial charge in [-0.25, -0.2) is 0 Å². The van der Waals surface area contributed by atoms with Crippen molar-refractivity contribution < 1.29 is 14.7 Å². The standard InChI is InChI=1S/C10H10N2O3/c13-6-9-11-10(15-12-9)5-7-1-3-8(14)4-2-7/h1-4,13-14H,5-6H2. The number of hydrogen-bond donors (Lipinski definition) is 2. The van der Waals surface area contributed by atoms with E-state index < -0.39 is 0 Å². The van der Waals surface area contributed by atoms with Crippen LogP contribution in [0.1, 0.15) is 17.3 Å². The Morgan fingerprint density at radius 1 is 1.20 bits per heavy atom. The Hall–Kier alpha value is -1.88. The fraction of sp³-hybridized carbons (Fsp3) is 0.200. The zero-order valence-corrected chi connectivity index (χ0v) is 7.92. The topological polar surface area (TPSA) is 79.4 Å². The predicted molar refractivity (Wildman–Crippen MR) is 51.1 cm³/mol. The zero-order valence-electron chi connectivity index (χ0n) is 7.92. The van der Waals surface area contributed by atoms with Crippen molar-refractivity contribution in [3.05, 3.63) is 41.5 Å². The van der Waals surface area contributed by atoms with Crippen LogP contribution in [0, 0.1) is 0 Å². The first-order valence-electron chi connectivity index (χ1n) is 4.48. The second-order valence-electron chi connectivity index (χ2n) is 3.11. The van der Waals surface area contributed by atoms with E-state index in [1.165, 1.54) is 0 Å². The summed E-state index contributed by atoms with van der Waals surface area (Å²) in [5.74, 6) is 0.953. The zero-order chi connectivity index (χ0) is 10.7. The Bertz CT molecular complexity index is 436. The van der Waals surface area contributed by atoms with Crippen molar-refractivity contribution >= 4 is 0 Å². The van der Waals surface area contributed by atoms with Crippen molar-refractivity contribution in [2.75, 3.05) is 0 Å². The molecule has 0 aliphatic rings. The van der Waals surface area contributed by atoms with Gasteiger partial charge >= 0.3 is 0 Å². The lowest BCUT2D eigenvalue weighted by Gasteiger charge is -1.96. The quantitative estimate of drug-likeness (QED) is 0.778. The molecule has 5 heteroatoms. The van der Waals surface area contributed by atoms with Gasteiger partial charge in [0.1, 0.15) is 12.4 Å². The van der Waals surface area contributed by atoms with Crippen molar-refractivity contribution in [3.8, 4) is 5.75 Å². The highest BCUT2D eigenvalue weighted by molar-refractivity contribution is 5.27. The summed E-state index contributed by atoms with van der Waals surface area (Å²) in [7, 11) is 0. The minimum Gasteiger partial charge on any atom is -0.508 e. The highest BCUT2D eigenvalue weighted by atomic mass is 16.5. The lowest BCUT2D eigenvalue weighted by molar-refractivity contribution is 0.263. The average Bonchev–Trinajstić information content (AvgIpc) is 2.69. The van der Waals surface area contributed by atoms with Gasteiger partial charge in [-0.1, -0.05) is 17.3 Å². The third-order valence-corrected chi connectivity index (χ3v) is 1.94. The minimum absolute atomic E-state index is 0.223. The number of benzene rings is 1. The summed E-state index contributed by atoms with van der Waals surface area (Å²) in [6.45, 7) is -0.223. The van der Waals surface area contributed by atoms with Crippen LogP contribution in [0.15, 0.2) is 28.8 Å². The molecule has 5 nitrogen and oxygen atoms in total. The van der Waals surface area contributed by atoms with Crippen molar-refractivity contribution in [2.45, 2.75) is 13.0 Å². The molecule has 0 saturated heterocycles. The Kier molecular flexibility index (Phi) is 2.64. The molecule has 78 valence electrons. The van der Waals surface area contributed by atoms with Crippen LogP contribution in [0.3, 0.4) is 0 Å². The number of phenolic OH excluding ortho intramolecular Hbond substituents is 1. The fourth-order valence-corrected chi connectivity index (χ4v) is 1.21. The van der Waals surface area contributed by atoms with Crippen LogP contribution in [0.2, 0.25) is 0 Å². The third-order valence-electron chi connectivity index (χ3n) is 1.94. The average molecular weight is 206 g/mol. The minimum atomic E-state index is -0.223. The SMILES string of the molecule is OCc1noc(Cc2ccc(O)cc2)n1. The summed E-state index contributed by atoms with van der Waals surface area (Å²) >= 11 is 0. The largest absolute Gasteiger partial charge is 0.508 e. The van der Waals surface area contributed by atoms with E-state index in [4.69, 9.17) is 14.7 Å². The molecule has 0 amide bonds. The van der Waals surface area contributed by atoms with E-state index in [0.29, 0.717) is 12.3 Å². The van der Waals surface area contributed by atoms with Gasteiger partial charge < -0.3 is 14.7 Å². The van der Waals surface area contributed by atoms with Crippen LogP contribution in [-0.4, -0.2) is 20.4 Å². The first-order valence-corrected chi connectivity index (χ1v) is 4.48. The van der Waals surface area contributed by atoms with Gasteiger partial charge in [0.05, 0.1) is 6.42 Å². The van der Waals surface area contributed by atoms with Crippen LogP contribution in [-0.2, 0) is 13.0 Å². The maximum Gasteiger partial charge on any atom is 0.231 e. The van der Waals surface area contributed by atoms with E-state index in [-0.39, 0.29) is 18.2 Å². The van der Waals surface area contributed by atoms with Gasteiger partial charge in [0.2, 0.25) is 5.89 Å². The second-order valence-corrected chi connectivity index (χ2v) is 3.11. The van der Waals surface area contributed by atoms with E-state index in [0.717, 1.165) is 5.56 Å². The number of phenols is 1. The van der Waals surface area contributed by atoms with Gasteiger partial charge in [-0.15, -0.1) is 0 Å². The predicted octanol–water partition coefficient (Wildman–Crippen LogP) is 0.858. The number of hydrogen-bond acceptors (Lipinski definition) is 5. The smallest absolute Gasteiger partial charge is 0.231 e. The van der Waals surface area contributed by atoms with Gasteiger partial charge in [-0.3, -0.25) is 0 Å². The molecule has 15 heavy (non-hydrogen) atoms. The van der Waals surface area contributed by atoms with Gasteiger partial charge in [0.25, 0.3) is 0 Å². The first-order chi connectivity index (χ1) is 7.28. The van der Waals surface area contributed by atoms with Gasteiger partial charge in [0, 0.05) is 0 Å². The van der Waals surface area contributed by atoms with Crippen molar-refractivity contribution in [1.82, 2.24) is 10.1 Å². The van der Waals surface area contributed by atoms with Crippen LogP contribution in [0.4, 0.5) is 0 Å². The molecular weight excluding hydrogens is 196 g/mol. The molecule has 0 saturated carbocycles. The molecule has 2 rings (SSSR count). The lowest BCUT2D eigenvalue weighted by atomic mass is 10.1. The normalized spacial score (nSPS) is 10.5. The second kappa shape index (κ2) is 4.10. The molecule has 0 unspecified atom stereocenters. The Morgan fingerprint density at radius 2 is 1.93 bits per heavy atom. The molecule has 0 spiro atoms. The monoisotopic (exact) mass is 206 g/mol. The summed E-state index contributed by atoms with van der Waals surface area (Å²) < 4.78 is 4.91. The van der Waals surface area contributed by atoms with Crippen LogP contribution >= 0.6 is 0 Å². The molecule has 0 aliphatic heterocycles. The molecule has 2 aromatic rings. The maximum atomic E-state index is 9.08. The highest BCUT2D eigenvalue weighted by Crippen LogP contribution is 2.12. The lowest BCUT2D eigenvalue weighted by Crippen LogP contribution is -1.89. The maximum absolute atomic E-state index is 9.08. The Balaban J connectivity index is 2.11. The van der Waals surface area contributed by atoms with Crippen molar-refractivity contribution in [1.29, 1.82) is 0 Å². The molecule has 0 atom stereocenters. The van der Waals surface area contributed by atoms with Crippen molar-refractivity contribution in [2.24, 2.45) is 0 Å². The van der Waals surface area contributed by atoms with Crippen molar-refractivity contribution in [3.63, 3.8) is 0 Å². The molecule has 1 heterocycles. The summed E-state index contributed by atoms with van der Waals surface area (Å²) in [4.78, 5) is 3.96. The number of aromatic nitrogens is 2. The summed E-state index contributed by atoms with van der Waals surface area (Å²) in [5, 5.41) is 21.4. The number of aromatic hydroxyl groups is 1. The Morgan fingerprint density at radius 3 is 2.53 bits per heavy atom. The molecule has 0 aliphatic carbocycles. The van der Waals surface area contributed by atoms with Crippen LogP contribution in [0.5, 0.6) is 5.75 Å². The number of nitrogens with zero attached hydrogens (tertiary/aromatic N) is 2. The number of aliphatic hydroxyl groups is 1. The summed E-state index contributed by atoms with van der Waals surface area (Å²) in [5.41, 5.74) is 0.959. The summed E-state index contributed by atoms with van der Waals surface area (Å²) in [6.07, 6.45) is 0.493. The molecular formula is C10H10N2O3. The van der Waals surface area contributed by atoms with Gasteiger partial charge in [0.15, 0.2) is 5.82 Å². The van der Waals surface area contributed by atoms with Gasteiger partial charge in [-0.2, -0.15) is 4.98 Å². The molecule has 1 aromatic heterocycles. The van der Waals surface area contributed by atoms with E-state index in [1.807, 2.05) is 0 Å². The molecule has 0 fully saturated rings. The third kappa shape index (κ3) is 2.32. The van der Waals surface area contributed by atoms with Crippen LogP contribution in [0.25, 0.3) is 0 Å². The summed E-state index contributed by atoms with van der Waals surface area (Å²) in [6, 6.07) is 6.74. The van der Waals surface area contributed by atoms with Crippen LogP contribution < -0.4 is 0 Å². The van der Waals surface area contributed by atoms with Gasteiger partial charge in [-0.05, 0) is 17.7 Å². The van der Waals surface area contributed by atoms with E-state index in [2.05, 4.69) is 10.1 Å². The molecule has 2 N–H and O–H groups in total. The molecule has 1 aromatic carbocycles. The molecule has 0 radical (unpaired) electrons. The number of aliphatic hydroxyl groups excluding tert-OH is 1. The fourth-order valence-electron chi connectivity index (χ4n) is 1.21. The molecule has 0 bridgehead atoms. The first kappa shape index (κ1) is 9.67. The number of rotatable bonds is 3. The van der Waals surface area contributed by atoms with E-state index in [1.54, 1.807) is 24.3 Å². The van der Waals surface area contributed by atoms with E-state index in [9.17, 15) is 0 Å². The Labute approximate surface area is 86.0 Å².